The third kappa shape index (κ3) is 1.62. The minimum atomic E-state index is -0.0338. The number of hydrogen-bond donors (Lipinski definition) is 2. The lowest BCUT2D eigenvalue weighted by atomic mass is 9.83. The van der Waals surface area contributed by atoms with E-state index in [1.807, 2.05) is 0 Å². The maximum Gasteiger partial charge on any atom is 0.0546 e. The molecule has 1 rings (SSSR count). The minimum absolute atomic E-state index is 0. The summed E-state index contributed by atoms with van der Waals surface area (Å²) >= 11 is 0. The Morgan fingerprint density at radius 3 is 2.12 bits per heavy atom. The van der Waals surface area contributed by atoms with Crippen LogP contribution in [0.2, 0.25) is 0 Å². The van der Waals surface area contributed by atoms with Crippen molar-refractivity contribution in [1.29, 1.82) is 0 Å². The van der Waals surface area contributed by atoms with Crippen molar-refractivity contribution in [3.8, 4) is 0 Å². The molecular weight excluding hydrogens is 126 g/mol. The summed E-state index contributed by atoms with van der Waals surface area (Å²) in [6, 6.07) is 0. The molecule has 0 heterocycles. The van der Waals surface area contributed by atoms with Gasteiger partial charge in [-0.15, -0.1) is 12.4 Å². The molecule has 1 saturated carbocycles. The van der Waals surface area contributed by atoms with E-state index in [2.05, 4.69) is 0 Å². The van der Waals surface area contributed by atoms with Crippen molar-refractivity contribution < 1.29 is 5.11 Å². The van der Waals surface area contributed by atoms with Crippen molar-refractivity contribution in [3.63, 3.8) is 0 Å². The van der Waals surface area contributed by atoms with Gasteiger partial charge in [-0.25, -0.2) is 0 Å². The lowest BCUT2D eigenvalue weighted by Gasteiger charge is -2.29. The molecule has 0 amide bonds. The molecule has 0 unspecified atom stereocenters. The first-order valence-electron chi connectivity index (χ1n) is 2.71. The SMILES string of the molecule is Cl.NCC1CC(O)C1. The van der Waals surface area contributed by atoms with E-state index in [0.717, 1.165) is 19.4 Å². The maximum atomic E-state index is 8.69. The molecule has 3 N–H and O–H groups in total. The van der Waals surface area contributed by atoms with Crippen LogP contribution in [0.1, 0.15) is 12.8 Å². The zero-order chi connectivity index (χ0) is 5.28. The molecule has 0 saturated heterocycles. The molecule has 0 spiro atoms. The molecule has 0 aliphatic heterocycles. The summed E-state index contributed by atoms with van der Waals surface area (Å²) in [5.74, 6) is 0.620. The summed E-state index contributed by atoms with van der Waals surface area (Å²) in [6.45, 7) is 0.747. The third-order valence-corrected chi connectivity index (χ3v) is 1.54. The first-order chi connectivity index (χ1) is 3.33. The second-order valence-electron chi connectivity index (χ2n) is 2.23. The van der Waals surface area contributed by atoms with Crippen molar-refractivity contribution in [2.45, 2.75) is 18.9 Å². The molecule has 0 aromatic carbocycles. The van der Waals surface area contributed by atoms with Gasteiger partial charge >= 0.3 is 0 Å². The van der Waals surface area contributed by atoms with Crippen LogP contribution in [0.4, 0.5) is 0 Å². The summed E-state index contributed by atoms with van der Waals surface area (Å²) < 4.78 is 0. The Morgan fingerprint density at radius 2 is 2.00 bits per heavy atom. The van der Waals surface area contributed by atoms with E-state index in [1.54, 1.807) is 0 Å². The quantitative estimate of drug-likeness (QED) is 0.540. The summed E-state index contributed by atoms with van der Waals surface area (Å²) in [6.07, 6.45) is 1.82. The van der Waals surface area contributed by atoms with Crippen LogP contribution >= 0.6 is 12.4 Å². The van der Waals surface area contributed by atoms with Crippen LogP contribution in [-0.2, 0) is 0 Å². The van der Waals surface area contributed by atoms with Gasteiger partial charge in [0.25, 0.3) is 0 Å². The largest absolute Gasteiger partial charge is 0.393 e. The van der Waals surface area contributed by atoms with Crippen molar-refractivity contribution in [3.05, 3.63) is 0 Å². The van der Waals surface area contributed by atoms with Gasteiger partial charge in [-0.2, -0.15) is 0 Å². The van der Waals surface area contributed by atoms with Gasteiger partial charge in [-0.05, 0) is 25.3 Å². The number of aliphatic hydroxyl groups is 1. The Kier molecular flexibility index (Phi) is 3.36. The number of nitrogens with two attached hydrogens (primary N) is 1. The molecule has 1 aliphatic carbocycles. The topological polar surface area (TPSA) is 46.2 Å². The van der Waals surface area contributed by atoms with Crippen LogP contribution in [0.5, 0.6) is 0 Å². The van der Waals surface area contributed by atoms with Crippen LogP contribution < -0.4 is 5.73 Å². The van der Waals surface area contributed by atoms with Crippen molar-refractivity contribution in [2.75, 3.05) is 6.54 Å². The predicted octanol–water partition coefficient (Wildman–Crippen LogP) is 0.138. The first kappa shape index (κ1) is 8.21. The Labute approximate surface area is 55.5 Å². The lowest BCUT2D eigenvalue weighted by Crippen LogP contribution is -2.33. The Hall–Kier alpha value is 0.210. The molecular formula is C5H12ClNO. The second kappa shape index (κ2) is 3.28. The second-order valence-corrected chi connectivity index (χ2v) is 2.23. The summed E-state index contributed by atoms with van der Waals surface area (Å²) in [5, 5.41) is 8.69. The molecule has 2 nitrogen and oxygen atoms in total. The average molecular weight is 138 g/mol. The fourth-order valence-corrected chi connectivity index (χ4v) is 0.893. The lowest BCUT2D eigenvalue weighted by molar-refractivity contribution is 0.0469. The van der Waals surface area contributed by atoms with Crippen molar-refractivity contribution >= 4 is 12.4 Å². The average Bonchev–Trinajstić information content (AvgIpc) is 1.58. The number of rotatable bonds is 1. The van der Waals surface area contributed by atoms with E-state index in [1.165, 1.54) is 0 Å². The van der Waals surface area contributed by atoms with E-state index < -0.39 is 0 Å². The van der Waals surface area contributed by atoms with Gasteiger partial charge in [0.1, 0.15) is 0 Å². The third-order valence-electron chi connectivity index (χ3n) is 1.54. The molecule has 3 heteroatoms. The van der Waals surface area contributed by atoms with E-state index in [0.29, 0.717) is 5.92 Å². The van der Waals surface area contributed by atoms with Crippen LogP contribution in [0.15, 0.2) is 0 Å². The molecule has 0 radical (unpaired) electrons. The van der Waals surface area contributed by atoms with E-state index in [4.69, 9.17) is 10.8 Å². The van der Waals surface area contributed by atoms with Gasteiger partial charge in [0.2, 0.25) is 0 Å². The highest BCUT2D eigenvalue weighted by Crippen LogP contribution is 2.25. The van der Waals surface area contributed by atoms with Crippen LogP contribution in [0.3, 0.4) is 0 Å². The van der Waals surface area contributed by atoms with Gasteiger partial charge < -0.3 is 10.8 Å². The van der Waals surface area contributed by atoms with E-state index in [9.17, 15) is 0 Å². The monoisotopic (exact) mass is 137 g/mol. The summed E-state index contributed by atoms with van der Waals surface area (Å²) in [7, 11) is 0. The molecule has 8 heavy (non-hydrogen) atoms. The number of halogens is 1. The molecule has 0 bridgehead atoms. The van der Waals surface area contributed by atoms with Gasteiger partial charge in [0, 0.05) is 0 Å². The predicted molar refractivity (Wildman–Crippen MR) is 35.0 cm³/mol. The van der Waals surface area contributed by atoms with Crippen molar-refractivity contribution in [1.82, 2.24) is 0 Å². The Bertz CT molecular complexity index is 63.4. The molecule has 50 valence electrons. The van der Waals surface area contributed by atoms with Crippen LogP contribution in [0.25, 0.3) is 0 Å². The molecule has 1 fully saturated rings. The van der Waals surface area contributed by atoms with Gasteiger partial charge in [-0.3, -0.25) is 0 Å². The molecule has 0 atom stereocenters. The number of hydrogen-bond acceptors (Lipinski definition) is 2. The zero-order valence-corrected chi connectivity index (χ0v) is 5.53. The van der Waals surface area contributed by atoms with Crippen LogP contribution in [-0.4, -0.2) is 17.8 Å². The summed E-state index contributed by atoms with van der Waals surface area (Å²) in [5.41, 5.74) is 5.28. The highest BCUT2D eigenvalue weighted by atomic mass is 35.5. The highest BCUT2D eigenvalue weighted by Gasteiger charge is 2.24. The molecule has 1 aliphatic rings. The molecule has 0 aromatic heterocycles. The smallest absolute Gasteiger partial charge is 0.0546 e. The standard InChI is InChI=1S/C5H11NO.ClH/c6-3-4-1-5(7)2-4;/h4-5,7H,1-3,6H2;1H. The van der Waals surface area contributed by atoms with E-state index >= 15 is 0 Å². The normalized spacial score (nSPS) is 35.2. The fourth-order valence-electron chi connectivity index (χ4n) is 0.893. The zero-order valence-electron chi connectivity index (χ0n) is 4.71. The van der Waals surface area contributed by atoms with E-state index in [-0.39, 0.29) is 18.5 Å². The Morgan fingerprint density at radius 1 is 1.50 bits per heavy atom. The van der Waals surface area contributed by atoms with Crippen molar-refractivity contribution in [2.24, 2.45) is 11.7 Å². The van der Waals surface area contributed by atoms with Gasteiger partial charge in [0.05, 0.1) is 6.10 Å². The van der Waals surface area contributed by atoms with Gasteiger partial charge in [0.15, 0.2) is 0 Å². The minimum Gasteiger partial charge on any atom is -0.393 e. The van der Waals surface area contributed by atoms with Gasteiger partial charge in [-0.1, -0.05) is 0 Å². The highest BCUT2D eigenvalue weighted by molar-refractivity contribution is 5.85. The molecule has 0 aromatic rings. The maximum absolute atomic E-state index is 8.69. The fraction of sp³-hybridized carbons (Fsp3) is 1.00. The first-order valence-corrected chi connectivity index (χ1v) is 2.71. The summed E-state index contributed by atoms with van der Waals surface area (Å²) in [4.78, 5) is 0. The number of aliphatic hydroxyl groups excluding tert-OH is 1. The van der Waals surface area contributed by atoms with Crippen LogP contribution in [0, 0.1) is 5.92 Å². The Balaban J connectivity index is 0.000000490.